The van der Waals surface area contributed by atoms with Gasteiger partial charge in [-0.3, -0.25) is 0 Å². The van der Waals surface area contributed by atoms with Gasteiger partial charge in [0, 0.05) is 12.1 Å². The summed E-state index contributed by atoms with van der Waals surface area (Å²) in [5.41, 5.74) is 3.66. The van der Waals surface area contributed by atoms with Crippen LogP contribution < -0.4 is 5.32 Å². The van der Waals surface area contributed by atoms with Crippen molar-refractivity contribution in [3.63, 3.8) is 0 Å². The third kappa shape index (κ3) is 2.67. The average Bonchev–Trinajstić information content (AvgIpc) is 2.45. The third-order valence-corrected chi connectivity index (χ3v) is 4.00. The Balaban J connectivity index is 1.85. The Hall–Kier alpha value is -1.90. The fraction of sp³-hybridized carbons (Fsp3) is 0.412. The van der Waals surface area contributed by atoms with Gasteiger partial charge in [-0.25, -0.2) is 0 Å². The van der Waals surface area contributed by atoms with Crippen molar-refractivity contribution in [2.24, 2.45) is 0 Å². The SMILES string of the molecule is CCCNc1ccc(-c2ccccc2C2CCC2)nn1. The molecule has 1 aliphatic rings. The van der Waals surface area contributed by atoms with Gasteiger partial charge in [-0.2, -0.15) is 0 Å². The minimum absolute atomic E-state index is 0.714. The molecular weight excluding hydrogens is 246 g/mol. The average molecular weight is 267 g/mol. The van der Waals surface area contributed by atoms with Crippen LogP contribution >= 0.6 is 0 Å². The molecule has 3 nitrogen and oxygen atoms in total. The Morgan fingerprint density at radius 3 is 2.60 bits per heavy atom. The standard InChI is InChI=1S/C17H21N3/c1-2-12-18-17-11-10-16(19-20-17)15-9-4-3-8-14(15)13-6-5-7-13/h3-4,8-11,13H,2,5-7,12H2,1H3,(H,18,20). The monoisotopic (exact) mass is 267 g/mol. The number of anilines is 1. The summed E-state index contributed by atoms with van der Waals surface area (Å²) >= 11 is 0. The smallest absolute Gasteiger partial charge is 0.148 e. The molecule has 0 saturated heterocycles. The summed E-state index contributed by atoms with van der Waals surface area (Å²) < 4.78 is 0. The van der Waals surface area contributed by atoms with Crippen molar-refractivity contribution in [3.8, 4) is 11.3 Å². The van der Waals surface area contributed by atoms with E-state index in [1.165, 1.54) is 30.4 Å². The molecular formula is C17H21N3. The van der Waals surface area contributed by atoms with E-state index in [1.807, 2.05) is 6.07 Å². The van der Waals surface area contributed by atoms with Crippen molar-refractivity contribution in [2.45, 2.75) is 38.5 Å². The highest BCUT2D eigenvalue weighted by atomic mass is 15.2. The van der Waals surface area contributed by atoms with Crippen molar-refractivity contribution in [1.29, 1.82) is 0 Å². The van der Waals surface area contributed by atoms with Gasteiger partial charge in [0.05, 0.1) is 5.69 Å². The summed E-state index contributed by atoms with van der Waals surface area (Å²) in [6, 6.07) is 12.7. The van der Waals surface area contributed by atoms with Crippen LogP contribution in [-0.2, 0) is 0 Å². The van der Waals surface area contributed by atoms with Gasteiger partial charge in [0.1, 0.15) is 5.82 Å². The molecule has 1 aliphatic carbocycles. The molecule has 20 heavy (non-hydrogen) atoms. The van der Waals surface area contributed by atoms with Gasteiger partial charge in [0.2, 0.25) is 0 Å². The number of nitrogens with one attached hydrogen (secondary N) is 1. The van der Waals surface area contributed by atoms with Crippen LogP contribution in [0.3, 0.4) is 0 Å². The molecule has 3 heteroatoms. The van der Waals surface area contributed by atoms with Gasteiger partial charge < -0.3 is 5.32 Å². The largest absolute Gasteiger partial charge is 0.369 e. The molecule has 0 radical (unpaired) electrons. The highest BCUT2D eigenvalue weighted by Gasteiger charge is 2.22. The molecule has 1 fully saturated rings. The lowest BCUT2D eigenvalue weighted by Gasteiger charge is -2.27. The molecule has 104 valence electrons. The van der Waals surface area contributed by atoms with Crippen LogP contribution in [0, 0.1) is 0 Å². The number of rotatable bonds is 5. The minimum atomic E-state index is 0.714. The third-order valence-electron chi connectivity index (χ3n) is 4.00. The van der Waals surface area contributed by atoms with Crippen LogP contribution in [0.4, 0.5) is 5.82 Å². The van der Waals surface area contributed by atoms with Gasteiger partial charge in [0.25, 0.3) is 0 Å². The van der Waals surface area contributed by atoms with E-state index in [0.717, 1.165) is 24.5 Å². The first kappa shape index (κ1) is 13.1. The van der Waals surface area contributed by atoms with Crippen LogP contribution in [0.25, 0.3) is 11.3 Å². The maximum absolute atomic E-state index is 4.39. The molecule has 1 aromatic heterocycles. The Bertz CT molecular complexity index is 559. The van der Waals surface area contributed by atoms with Crippen molar-refractivity contribution in [3.05, 3.63) is 42.0 Å². The first-order valence-corrected chi connectivity index (χ1v) is 7.55. The van der Waals surface area contributed by atoms with E-state index < -0.39 is 0 Å². The van der Waals surface area contributed by atoms with E-state index in [2.05, 4.69) is 52.8 Å². The minimum Gasteiger partial charge on any atom is -0.369 e. The van der Waals surface area contributed by atoms with Crippen LogP contribution in [0.1, 0.15) is 44.1 Å². The number of benzene rings is 1. The van der Waals surface area contributed by atoms with Gasteiger partial charge in [-0.1, -0.05) is 37.6 Å². The number of aromatic nitrogens is 2. The Kier molecular flexibility index (Phi) is 3.95. The second-order valence-corrected chi connectivity index (χ2v) is 5.45. The fourth-order valence-corrected chi connectivity index (χ4v) is 2.63. The normalized spacial score (nSPS) is 14.8. The molecule has 0 aliphatic heterocycles. The van der Waals surface area contributed by atoms with Crippen molar-refractivity contribution >= 4 is 5.82 Å². The molecule has 0 bridgehead atoms. The summed E-state index contributed by atoms with van der Waals surface area (Å²) in [4.78, 5) is 0. The molecule has 0 atom stereocenters. The predicted octanol–water partition coefficient (Wildman–Crippen LogP) is 4.23. The summed E-state index contributed by atoms with van der Waals surface area (Å²) in [6.07, 6.45) is 5.06. The molecule has 3 rings (SSSR count). The van der Waals surface area contributed by atoms with Crippen molar-refractivity contribution in [1.82, 2.24) is 10.2 Å². The molecule has 1 aromatic carbocycles. The maximum Gasteiger partial charge on any atom is 0.148 e. The number of hydrogen-bond acceptors (Lipinski definition) is 3. The molecule has 1 saturated carbocycles. The van der Waals surface area contributed by atoms with Gasteiger partial charge in [0.15, 0.2) is 0 Å². The van der Waals surface area contributed by atoms with Gasteiger partial charge >= 0.3 is 0 Å². The van der Waals surface area contributed by atoms with Crippen LogP contribution in [0.5, 0.6) is 0 Å². The lowest BCUT2D eigenvalue weighted by Crippen LogP contribution is -2.10. The van der Waals surface area contributed by atoms with Crippen molar-refractivity contribution < 1.29 is 0 Å². The number of hydrogen-bond donors (Lipinski definition) is 1. The van der Waals surface area contributed by atoms with E-state index in [9.17, 15) is 0 Å². The Labute approximate surface area is 120 Å². The lowest BCUT2D eigenvalue weighted by molar-refractivity contribution is 0.420. The fourth-order valence-electron chi connectivity index (χ4n) is 2.63. The van der Waals surface area contributed by atoms with Crippen LogP contribution in [0.15, 0.2) is 36.4 Å². The summed E-state index contributed by atoms with van der Waals surface area (Å²) in [5, 5.41) is 11.9. The molecule has 0 unspecified atom stereocenters. The Morgan fingerprint density at radius 1 is 1.10 bits per heavy atom. The highest BCUT2D eigenvalue weighted by molar-refractivity contribution is 5.65. The maximum atomic E-state index is 4.39. The number of nitrogens with zero attached hydrogens (tertiary/aromatic N) is 2. The van der Waals surface area contributed by atoms with Gasteiger partial charge in [-0.15, -0.1) is 10.2 Å². The molecule has 0 amide bonds. The first-order valence-electron chi connectivity index (χ1n) is 7.55. The second kappa shape index (κ2) is 6.04. The van der Waals surface area contributed by atoms with E-state index in [1.54, 1.807) is 0 Å². The summed E-state index contributed by atoms with van der Waals surface area (Å²) in [6.45, 7) is 3.08. The summed E-state index contributed by atoms with van der Waals surface area (Å²) in [5.74, 6) is 1.57. The van der Waals surface area contributed by atoms with E-state index in [0.29, 0.717) is 5.92 Å². The zero-order valence-electron chi connectivity index (χ0n) is 12.0. The van der Waals surface area contributed by atoms with E-state index >= 15 is 0 Å². The van der Waals surface area contributed by atoms with E-state index in [-0.39, 0.29) is 0 Å². The molecule has 1 heterocycles. The Morgan fingerprint density at radius 2 is 1.95 bits per heavy atom. The first-order chi connectivity index (χ1) is 9.88. The highest BCUT2D eigenvalue weighted by Crippen LogP contribution is 2.40. The lowest BCUT2D eigenvalue weighted by atomic mass is 9.78. The zero-order chi connectivity index (χ0) is 13.8. The van der Waals surface area contributed by atoms with Crippen LogP contribution in [0.2, 0.25) is 0 Å². The summed E-state index contributed by atoms with van der Waals surface area (Å²) in [7, 11) is 0. The van der Waals surface area contributed by atoms with E-state index in [4.69, 9.17) is 0 Å². The topological polar surface area (TPSA) is 37.8 Å². The quantitative estimate of drug-likeness (QED) is 0.880. The molecule has 1 N–H and O–H groups in total. The zero-order valence-corrected chi connectivity index (χ0v) is 12.0. The molecule has 0 spiro atoms. The van der Waals surface area contributed by atoms with Crippen molar-refractivity contribution in [2.75, 3.05) is 11.9 Å². The molecule has 2 aromatic rings. The van der Waals surface area contributed by atoms with Gasteiger partial charge in [-0.05, 0) is 42.9 Å². The van der Waals surface area contributed by atoms with Crippen LogP contribution in [-0.4, -0.2) is 16.7 Å². The predicted molar refractivity (Wildman–Crippen MR) is 82.8 cm³/mol. The second-order valence-electron chi connectivity index (χ2n) is 5.45.